The largest absolute Gasteiger partial charge is 0.491 e. The Bertz CT molecular complexity index is 1630. The quantitative estimate of drug-likeness (QED) is 0.291. The number of aromatic nitrogens is 2. The first-order valence-corrected chi connectivity index (χ1v) is 20.7. The molecule has 2 aliphatic rings. The summed E-state index contributed by atoms with van der Waals surface area (Å²) in [5.41, 5.74) is 2.44. The van der Waals surface area contributed by atoms with Crippen LogP contribution in [0.3, 0.4) is 0 Å². The van der Waals surface area contributed by atoms with E-state index in [2.05, 4.69) is 44.2 Å². The van der Waals surface area contributed by atoms with Gasteiger partial charge >= 0.3 is 12.2 Å². The first-order valence-electron chi connectivity index (χ1n) is 17.4. The van der Waals surface area contributed by atoms with Crippen molar-refractivity contribution in [3.63, 3.8) is 0 Å². The lowest BCUT2D eigenvalue weighted by Crippen LogP contribution is -2.48. The van der Waals surface area contributed by atoms with Crippen LogP contribution < -0.4 is 15.0 Å². The van der Waals surface area contributed by atoms with Gasteiger partial charge in [-0.25, -0.2) is 19.6 Å². The minimum absolute atomic E-state index is 0.0369. The summed E-state index contributed by atoms with van der Waals surface area (Å²) >= 11 is 7.29. The van der Waals surface area contributed by atoms with Gasteiger partial charge in [-0.15, -0.1) is 0 Å². The van der Waals surface area contributed by atoms with Crippen molar-refractivity contribution in [3.05, 3.63) is 40.2 Å². The minimum Gasteiger partial charge on any atom is -0.491 e. The lowest BCUT2D eigenvalue weighted by Gasteiger charge is -2.40. The number of rotatable bonds is 6. The third kappa shape index (κ3) is 9.91. The van der Waals surface area contributed by atoms with E-state index in [0.717, 1.165) is 23.3 Å². The van der Waals surface area contributed by atoms with Crippen LogP contribution in [0.1, 0.15) is 92.1 Å². The van der Waals surface area contributed by atoms with E-state index < -0.39 is 31.7 Å². The van der Waals surface area contributed by atoms with Gasteiger partial charge in [-0.05, 0) is 97.5 Å². The van der Waals surface area contributed by atoms with Crippen molar-refractivity contribution < 1.29 is 28.2 Å². The van der Waals surface area contributed by atoms with E-state index in [-0.39, 0.29) is 11.1 Å². The summed E-state index contributed by atoms with van der Waals surface area (Å²) in [6, 6.07) is 3.57. The number of hydrogen-bond acceptors (Lipinski definition) is 9. The van der Waals surface area contributed by atoms with Gasteiger partial charge in [0.1, 0.15) is 22.8 Å². The molecule has 0 saturated heterocycles. The van der Waals surface area contributed by atoms with Crippen molar-refractivity contribution in [2.24, 2.45) is 0 Å². The maximum absolute atomic E-state index is 13.4. The highest BCUT2D eigenvalue weighted by Gasteiger charge is 2.41. The molecule has 1 atom stereocenters. The van der Waals surface area contributed by atoms with E-state index >= 15 is 0 Å². The second-order valence-electron chi connectivity index (χ2n) is 16.7. The van der Waals surface area contributed by atoms with E-state index in [4.69, 9.17) is 35.2 Å². The molecule has 11 nitrogen and oxygen atoms in total. The molecule has 0 aliphatic carbocycles. The fourth-order valence-corrected chi connectivity index (χ4v) is 7.10. The molecule has 2 aliphatic heterocycles. The van der Waals surface area contributed by atoms with Crippen LogP contribution in [0.4, 0.5) is 26.9 Å². The molecule has 4 rings (SSSR count). The van der Waals surface area contributed by atoms with Gasteiger partial charge in [0.15, 0.2) is 14.1 Å². The highest BCUT2D eigenvalue weighted by molar-refractivity contribution is 6.74. The standard InChI is InChI=1S/C37H56ClN5O6Si/c1-23-19-25(42(11)33(44)47-35(2,3)4)21-28(39-23)41-32-30(38)29(31-27(40-32)15-14-18-46-31)24-16-17-43(34(45)48-36(5,6)7)22-26(20-24)49-50(12,13)37(8,9)10/h16,19,21,26H,14-15,17-18,20,22H2,1-13H3,(H,39,40,41)/t26-/m0/s1. The van der Waals surface area contributed by atoms with Crippen molar-refractivity contribution in [3.8, 4) is 5.75 Å². The van der Waals surface area contributed by atoms with Gasteiger partial charge in [-0.3, -0.25) is 4.90 Å². The fraction of sp³-hybridized carbons (Fsp3) is 0.622. The molecule has 2 aromatic rings. The number of amides is 2. The van der Waals surface area contributed by atoms with Crippen LogP contribution in [0, 0.1) is 6.92 Å². The number of carbonyl (C=O) groups excluding carboxylic acids is 2. The number of nitrogens with one attached hydrogen (secondary N) is 1. The average molecular weight is 730 g/mol. The molecule has 0 saturated carbocycles. The summed E-state index contributed by atoms with van der Waals surface area (Å²) in [5, 5.41) is 3.68. The number of aryl methyl sites for hydroxylation is 2. The minimum atomic E-state index is -2.24. The third-order valence-electron chi connectivity index (χ3n) is 8.88. The number of anilines is 3. The van der Waals surface area contributed by atoms with Gasteiger partial charge in [0, 0.05) is 37.5 Å². The normalized spacial score (nSPS) is 17.2. The Morgan fingerprint density at radius 3 is 2.32 bits per heavy atom. The van der Waals surface area contributed by atoms with E-state index in [1.807, 2.05) is 60.6 Å². The molecule has 2 amide bonds. The third-order valence-corrected chi connectivity index (χ3v) is 13.8. The zero-order valence-corrected chi connectivity index (χ0v) is 33.9. The van der Waals surface area contributed by atoms with Gasteiger partial charge in [0.25, 0.3) is 0 Å². The Hall–Kier alpha value is -3.35. The Kier molecular flexibility index (Phi) is 11.6. The number of hydrogen-bond donors (Lipinski definition) is 1. The van der Waals surface area contributed by atoms with Crippen molar-refractivity contribution in [2.45, 2.75) is 124 Å². The molecule has 4 heterocycles. The monoisotopic (exact) mass is 729 g/mol. The Balaban J connectivity index is 1.77. The van der Waals surface area contributed by atoms with Gasteiger partial charge in [-0.2, -0.15) is 0 Å². The van der Waals surface area contributed by atoms with E-state index in [0.29, 0.717) is 66.3 Å². The van der Waals surface area contributed by atoms with Crippen molar-refractivity contribution in [2.75, 3.05) is 37.0 Å². The number of pyridine rings is 2. The number of carbonyl (C=O) groups is 2. The maximum atomic E-state index is 13.4. The molecule has 0 bridgehead atoms. The van der Waals surface area contributed by atoms with Crippen LogP contribution in [-0.2, 0) is 20.3 Å². The molecule has 0 unspecified atom stereocenters. The molecular weight excluding hydrogens is 674 g/mol. The van der Waals surface area contributed by atoms with E-state index in [1.54, 1.807) is 18.0 Å². The summed E-state index contributed by atoms with van der Waals surface area (Å²) < 4.78 is 24.6. The van der Waals surface area contributed by atoms with E-state index in [9.17, 15) is 9.59 Å². The van der Waals surface area contributed by atoms with Gasteiger partial charge in [-0.1, -0.05) is 38.4 Å². The predicted octanol–water partition coefficient (Wildman–Crippen LogP) is 9.29. The van der Waals surface area contributed by atoms with Crippen LogP contribution in [-0.4, -0.2) is 79.4 Å². The summed E-state index contributed by atoms with van der Waals surface area (Å²) in [6.07, 6.45) is 2.90. The van der Waals surface area contributed by atoms with Crippen LogP contribution in [0.2, 0.25) is 23.2 Å². The number of fused-ring (bicyclic) bond motifs is 1. The maximum Gasteiger partial charge on any atom is 0.414 e. The molecular formula is C37H56ClN5O6Si. The Morgan fingerprint density at radius 2 is 1.70 bits per heavy atom. The highest BCUT2D eigenvalue weighted by atomic mass is 35.5. The zero-order valence-electron chi connectivity index (χ0n) is 32.2. The second-order valence-corrected chi connectivity index (χ2v) is 21.8. The van der Waals surface area contributed by atoms with Crippen LogP contribution in [0.15, 0.2) is 18.2 Å². The molecule has 2 aromatic heterocycles. The van der Waals surface area contributed by atoms with Gasteiger partial charge in [0.05, 0.1) is 29.1 Å². The molecule has 1 N–H and O–H groups in total. The van der Waals surface area contributed by atoms with Crippen LogP contribution >= 0.6 is 11.6 Å². The summed E-state index contributed by atoms with van der Waals surface area (Å²) in [5.74, 6) is 1.54. The first kappa shape index (κ1) is 39.4. The molecule has 50 heavy (non-hydrogen) atoms. The van der Waals surface area contributed by atoms with E-state index in [1.165, 1.54) is 4.90 Å². The van der Waals surface area contributed by atoms with Crippen molar-refractivity contribution >= 4 is 55.0 Å². The van der Waals surface area contributed by atoms with Gasteiger partial charge in [0.2, 0.25) is 0 Å². The lowest BCUT2D eigenvalue weighted by atomic mass is 9.97. The summed E-state index contributed by atoms with van der Waals surface area (Å²) in [7, 11) is -0.582. The number of halogens is 1. The fourth-order valence-electron chi connectivity index (χ4n) is 5.46. The second kappa shape index (κ2) is 14.7. The summed E-state index contributed by atoms with van der Waals surface area (Å²) in [6.45, 7) is 25.2. The summed E-state index contributed by atoms with van der Waals surface area (Å²) in [4.78, 5) is 39.0. The highest BCUT2D eigenvalue weighted by Crippen LogP contribution is 2.45. The zero-order chi connectivity index (χ0) is 37.4. The Labute approximate surface area is 304 Å². The molecule has 0 spiro atoms. The number of ether oxygens (including phenoxy) is 3. The molecule has 0 fully saturated rings. The lowest BCUT2D eigenvalue weighted by molar-refractivity contribution is 0.0195. The molecule has 0 radical (unpaired) electrons. The molecule has 276 valence electrons. The topological polar surface area (TPSA) is 115 Å². The Morgan fingerprint density at radius 1 is 1.04 bits per heavy atom. The SMILES string of the molecule is Cc1cc(N(C)C(=O)OC(C)(C)C)cc(Nc2nc3c(c(C4=CCN(C(=O)OC(C)(C)C)C[C@@H](O[Si](C)(C)C(C)(C)C)C4)c2Cl)OCCC3)n1. The average Bonchev–Trinajstić information content (AvgIpc) is 3.16. The molecule has 0 aromatic carbocycles. The number of nitrogens with zero attached hydrogens (tertiary/aromatic N) is 4. The van der Waals surface area contributed by atoms with Crippen LogP contribution in [0.25, 0.3) is 5.57 Å². The smallest absolute Gasteiger partial charge is 0.414 e. The van der Waals surface area contributed by atoms with Crippen molar-refractivity contribution in [1.29, 1.82) is 0 Å². The molecule has 13 heteroatoms. The first-order chi connectivity index (χ1) is 22.9. The predicted molar refractivity (Wildman–Crippen MR) is 202 cm³/mol. The van der Waals surface area contributed by atoms with Crippen LogP contribution in [0.5, 0.6) is 5.75 Å². The van der Waals surface area contributed by atoms with Gasteiger partial charge < -0.3 is 28.9 Å². The van der Waals surface area contributed by atoms with Crippen molar-refractivity contribution in [1.82, 2.24) is 14.9 Å².